The van der Waals surface area contributed by atoms with Crippen molar-refractivity contribution in [2.75, 3.05) is 0 Å². The van der Waals surface area contributed by atoms with Crippen molar-refractivity contribution in [3.63, 3.8) is 0 Å². The number of rotatable bonds is 5. The minimum absolute atomic E-state index is 0.273. The second kappa shape index (κ2) is 6.95. The molecule has 0 aliphatic heterocycles. The highest BCUT2D eigenvalue weighted by molar-refractivity contribution is 6.01. The van der Waals surface area contributed by atoms with Gasteiger partial charge in [-0.05, 0) is 37.1 Å². The SMILES string of the molecule is NC(=O)c1cccnc1-c1cccc(C(=O)NC2(C(N)=O)CCCC2)c1. The molecule has 3 amide bonds. The summed E-state index contributed by atoms with van der Waals surface area (Å²) in [6, 6.07) is 9.89. The average molecular weight is 352 g/mol. The van der Waals surface area contributed by atoms with E-state index in [0.29, 0.717) is 29.7 Å². The van der Waals surface area contributed by atoms with E-state index in [2.05, 4.69) is 10.3 Å². The highest BCUT2D eigenvalue weighted by atomic mass is 16.2. The zero-order valence-electron chi connectivity index (χ0n) is 14.2. The summed E-state index contributed by atoms with van der Waals surface area (Å²) in [5, 5.41) is 2.80. The molecule has 0 radical (unpaired) electrons. The zero-order valence-corrected chi connectivity index (χ0v) is 14.2. The number of carbonyl (C=O) groups is 3. The first-order chi connectivity index (χ1) is 12.4. The Bertz CT molecular complexity index is 873. The second-order valence-electron chi connectivity index (χ2n) is 6.45. The van der Waals surface area contributed by atoms with E-state index < -0.39 is 17.4 Å². The van der Waals surface area contributed by atoms with Gasteiger partial charge in [-0.3, -0.25) is 19.4 Å². The largest absolute Gasteiger partial charge is 0.368 e. The van der Waals surface area contributed by atoms with E-state index in [9.17, 15) is 14.4 Å². The summed E-state index contributed by atoms with van der Waals surface area (Å²) in [5.41, 5.74) is 11.6. The number of primary amides is 2. The van der Waals surface area contributed by atoms with Gasteiger partial charge in [-0.25, -0.2) is 0 Å². The highest BCUT2D eigenvalue weighted by Crippen LogP contribution is 2.30. The highest BCUT2D eigenvalue weighted by Gasteiger charge is 2.41. The van der Waals surface area contributed by atoms with Crippen molar-refractivity contribution >= 4 is 17.7 Å². The van der Waals surface area contributed by atoms with Crippen LogP contribution in [0.3, 0.4) is 0 Å². The topological polar surface area (TPSA) is 128 Å². The van der Waals surface area contributed by atoms with Crippen LogP contribution < -0.4 is 16.8 Å². The summed E-state index contributed by atoms with van der Waals surface area (Å²) in [6.45, 7) is 0. The quantitative estimate of drug-likeness (QED) is 0.750. The summed E-state index contributed by atoms with van der Waals surface area (Å²) in [5.74, 6) is -1.49. The maximum absolute atomic E-state index is 12.7. The first-order valence-electron chi connectivity index (χ1n) is 8.41. The number of carbonyl (C=O) groups excluding carboxylic acids is 3. The fourth-order valence-electron chi connectivity index (χ4n) is 3.34. The third-order valence-corrected chi connectivity index (χ3v) is 4.75. The first-order valence-corrected chi connectivity index (χ1v) is 8.41. The van der Waals surface area contributed by atoms with Gasteiger partial charge in [0.1, 0.15) is 5.54 Å². The number of aromatic nitrogens is 1. The average Bonchev–Trinajstić information content (AvgIpc) is 3.11. The number of nitrogens with two attached hydrogens (primary N) is 2. The maximum atomic E-state index is 12.7. The third kappa shape index (κ3) is 3.28. The Morgan fingerprint density at radius 3 is 2.42 bits per heavy atom. The Labute approximate surface area is 150 Å². The summed E-state index contributed by atoms with van der Waals surface area (Å²) >= 11 is 0. The molecule has 0 saturated heterocycles. The number of hydrogen-bond donors (Lipinski definition) is 3. The molecule has 1 aliphatic carbocycles. The van der Waals surface area contributed by atoms with Gasteiger partial charge < -0.3 is 16.8 Å². The van der Waals surface area contributed by atoms with E-state index in [1.165, 1.54) is 0 Å². The van der Waals surface area contributed by atoms with Crippen molar-refractivity contribution in [2.24, 2.45) is 11.5 Å². The molecule has 2 aromatic rings. The van der Waals surface area contributed by atoms with Gasteiger partial charge in [-0.15, -0.1) is 0 Å². The summed E-state index contributed by atoms with van der Waals surface area (Å²) in [4.78, 5) is 40.3. The molecule has 7 nitrogen and oxygen atoms in total. The zero-order chi connectivity index (χ0) is 18.7. The molecule has 3 rings (SSSR count). The molecule has 1 heterocycles. The van der Waals surface area contributed by atoms with Gasteiger partial charge in [0.05, 0.1) is 11.3 Å². The second-order valence-corrected chi connectivity index (χ2v) is 6.45. The Kier molecular flexibility index (Phi) is 4.71. The number of nitrogens with zero attached hydrogens (tertiary/aromatic N) is 1. The van der Waals surface area contributed by atoms with Crippen molar-refractivity contribution < 1.29 is 14.4 Å². The van der Waals surface area contributed by atoms with Crippen LogP contribution in [0.1, 0.15) is 46.4 Å². The van der Waals surface area contributed by atoms with Crippen LogP contribution in [0.5, 0.6) is 0 Å². The lowest BCUT2D eigenvalue weighted by molar-refractivity contribution is -0.123. The molecule has 134 valence electrons. The molecular formula is C19H20N4O3. The van der Waals surface area contributed by atoms with Gasteiger partial charge in [-0.2, -0.15) is 0 Å². The molecule has 1 aromatic carbocycles. The van der Waals surface area contributed by atoms with Crippen LogP contribution in [0.15, 0.2) is 42.6 Å². The van der Waals surface area contributed by atoms with Crippen LogP contribution in [0.25, 0.3) is 11.3 Å². The lowest BCUT2D eigenvalue weighted by Crippen LogP contribution is -2.55. The van der Waals surface area contributed by atoms with Crippen molar-refractivity contribution in [3.05, 3.63) is 53.7 Å². The number of benzene rings is 1. The van der Waals surface area contributed by atoms with E-state index in [4.69, 9.17) is 11.5 Å². The predicted octanol–water partition coefficient (Wildman–Crippen LogP) is 1.38. The van der Waals surface area contributed by atoms with Crippen molar-refractivity contribution in [1.82, 2.24) is 10.3 Å². The van der Waals surface area contributed by atoms with E-state index in [0.717, 1.165) is 12.8 Å². The molecular weight excluding hydrogens is 332 g/mol. The standard InChI is InChI=1S/C19H20N4O3/c20-16(24)14-7-4-10-22-15(14)12-5-3-6-13(11-12)17(25)23-19(18(21)26)8-1-2-9-19/h3-7,10-11H,1-2,8-9H2,(H2,20,24)(H2,21,26)(H,23,25). The molecule has 5 N–H and O–H groups in total. The molecule has 1 fully saturated rings. The fourth-order valence-corrected chi connectivity index (χ4v) is 3.34. The van der Waals surface area contributed by atoms with E-state index >= 15 is 0 Å². The van der Waals surface area contributed by atoms with Gasteiger partial charge >= 0.3 is 0 Å². The Morgan fingerprint density at radius 2 is 1.77 bits per heavy atom. The minimum Gasteiger partial charge on any atom is -0.368 e. The van der Waals surface area contributed by atoms with Crippen LogP contribution in [0, 0.1) is 0 Å². The molecule has 7 heteroatoms. The van der Waals surface area contributed by atoms with Gasteiger partial charge in [0.15, 0.2) is 0 Å². The lowest BCUT2D eigenvalue weighted by Gasteiger charge is -2.26. The predicted molar refractivity (Wildman–Crippen MR) is 96.1 cm³/mol. The number of nitrogens with one attached hydrogen (secondary N) is 1. The van der Waals surface area contributed by atoms with Gasteiger partial charge in [-0.1, -0.05) is 25.0 Å². The number of amides is 3. The molecule has 0 bridgehead atoms. The van der Waals surface area contributed by atoms with E-state index in [1.807, 2.05) is 0 Å². The fraction of sp³-hybridized carbons (Fsp3) is 0.263. The van der Waals surface area contributed by atoms with E-state index in [-0.39, 0.29) is 11.5 Å². The smallest absolute Gasteiger partial charge is 0.252 e. The molecule has 1 aliphatic rings. The summed E-state index contributed by atoms with van der Waals surface area (Å²) < 4.78 is 0. The van der Waals surface area contributed by atoms with Crippen molar-refractivity contribution in [3.8, 4) is 11.3 Å². The van der Waals surface area contributed by atoms with Crippen molar-refractivity contribution in [2.45, 2.75) is 31.2 Å². The minimum atomic E-state index is -0.990. The Hall–Kier alpha value is -3.22. The summed E-state index contributed by atoms with van der Waals surface area (Å²) in [6.07, 6.45) is 4.33. The molecule has 1 saturated carbocycles. The third-order valence-electron chi connectivity index (χ3n) is 4.75. The van der Waals surface area contributed by atoms with Gasteiger partial charge in [0.2, 0.25) is 5.91 Å². The monoisotopic (exact) mass is 352 g/mol. The normalized spacial score (nSPS) is 15.4. The molecule has 26 heavy (non-hydrogen) atoms. The van der Waals surface area contributed by atoms with Crippen molar-refractivity contribution in [1.29, 1.82) is 0 Å². The van der Waals surface area contributed by atoms with Crippen LogP contribution in [0.4, 0.5) is 0 Å². The van der Waals surface area contributed by atoms with E-state index in [1.54, 1.807) is 42.6 Å². The molecule has 0 atom stereocenters. The van der Waals surface area contributed by atoms with Gasteiger partial charge in [0.25, 0.3) is 11.8 Å². The maximum Gasteiger partial charge on any atom is 0.252 e. The molecule has 1 aromatic heterocycles. The van der Waals surface area contributed by atoms with Crippen LogP contribution in [-0.2, 0) is 4.79 Å². The lowest BCUT2D eigenvalue weighted by atomic mass is 9.95. The number of pyridine rings is 1. The molecule has 0 unspecified atom stereocenters. The summed E-state index contributed by atoms with van der Waals surface area (Å²) in [7, 11) is 0. The number of hydrogen-bond acceptors (Lipinski definition) is 4. The van der Waals surface area contributed by atoms with Crippen LogP contribution >= 0.6 is 0 Å². The van der Waals surface area contributed by atoms with Crippen LogP contribution in [0.2, 0.25) is 0 Å². The Morgan fingerprint density at radius 1 is 1.04 bits per heavy atom. The molecule has 0 spiro atoms. The van der Waals surface area contributed by atoms with Gasteiger partial charge in [0, 0.05) is 17.3 Å². The first kappa shape index (κ1) is 17.6. The van der Waals surface area contributed by atoms with Crippen LogP contribution in [-0.4, -0.2) is 28.2 Å². The Balaban J connectivity index is 1.92.